The molecule has 0 spiro atoms. The highest BCUT2D eigenvalue weighted by Gasteiger charge is 2.35. The number of nitrogens with one attached hydrogen (secondary N) is 1. The van der Waals surface area contributed by atoms with Crippen LogP contribution in [-0.2, 0) is 11.3 Å². The standard InChI is InChI=1S/C18H25N3O2/c1-14-10-15(6-7-16(14)23-3)11-21(2)12-17(22)20-18(13-19)8-4-5-9-18/h6-7,10H,4-5,8-9,11-12H2,1-3H3,(H,20,22). The van der Waals surface area contributed by atoms with Gasteiger partial charge in [0.05, 0.1) is 19.7 Å². The molecule has 5 heteroatoms. The number of benzene rings is 1. The van der Waals surface area contributed by atoms with Crippen molar-refractivity contribution in [2.24, 2.45) is 0 Å². The summed E-state index contributed by atoms with van der Waals surface area (Å²) in [5, 5.41) is 12.3. The Morgan fingerprint density at radius 3 is 2.70 bits per heavy atom. The molecule has 1 saturated carbocycles. The van der Waals surface area contributed by atoms with Gasteiger partial charge in [0.15, 0.2) is 0 Å². The number of hydrogen-bond acceptors (Lipinski definition) is 4. The summed E-state index contributed by atoms with van der Waals surface area (Å²) in [5.41, 5.74) is 1.57. The summed E-state index contributed by atoms with van der Waals surface area (Å²) in [4.78, 5) is 14.2. The van der Waals surface area contributed by atoms with Gasteiger partial charge in [-0.3, -0.25) is 9.69 Å². The van der Waals surface area contributed by atoms with E-state index in [0.29, 0.717) is 6.54 Å². The maximum Gasteiger partial charge on any atom is 0.235 e. The van der Waals surface area contributed by atoms with E-state index in [0.717, 1.165) is 42.6 Å². The number of hydrogen-bond donors (Lipinski definition) is 1. The lowest BCUT2D eigenvalue weighted by molar-refractivity contribution is -0.123. The van der Waals surface area contributed by atoms with Crippen LogP contribution >= 0.6 is 0 Å². The predicted octanol–water partition coefficient (Wildman–Crippen LogP) is 2.39. The number of amides is 1. The molecular formula is C18H25N3O2. The first-order chi connectivity index (χ1) is 11.0. The topological polar surface area (TPSA) is 65.4 Å². The minimum atomic E-state index is -0.644. The van der Waals surface area contributed by atoms with Gasteiger partial charge in [0.25, 0.3) is 0 Å². The molecule has 0 heterocycles. The third-order valence-corrected chi connectivity index (χ3v) is 4.38. The molecule has 1 aromatic carbocycles. The summed E-state index contributed by atoms with van der Waals surface area (Å²) in [6, 6.07) is 8.31. The molecule has 1 aromatic rings. The fourth-order valence-corrected chi connectivity index (χ4v) is 3.20. The van der Waals surface area contributed by atoms with E-state index in [1.165, 1.54) is 0 Å². The Morgan fingerprint density at radius 2 is 2.13 bits per heavy atom. The quantitative estimate of drug-likeness (QED) is 0.875. The maximum absolute atomic E-state index is 12.2. The molecular weight excluding hydrogens is 290 g/mol. The van der Waals surface area contributed by atoms with E-state index in [-0.39, 0.29) is 12.5 Å². The Balaban J connectivity index is 1.89. The van der Waals surface area contributed by atoms with Crippen LogP contribution < -0.4 is 10.1 Å². The Hall–Kier alpha value is -2.06. The van der Waals surface area contributed by atoms with E-state index in [1.54, 1.807) is 7.11 Å². The van der Waals surface area contributed by atoms with Crippen LogP contribution in [-0.4, -0.2) is 37.0 Å². The lowest BCUT2D eigenvalue weighted by atomic mass is 10.00. The normalized spacial score (nSPS) is 16.1. The van der Waals surface area contributed by atoms with Gasteiger partial charge in [-0.2, -0.15) is 5.26 Å². The summed E-state index contributed by atoms with van der Waals surface area (Å²) in [6.07, 6.45) is 3.54. The molecule has 1 fully saturated rings. The van der Waals surface area contributed by atoms with E-state index < -0.39 is 5.54 Å². The lowest BCUT2D eigenvalue weighted by Gasteiger charge is -2.24. The fourth-order valence-electron chi connectivity index (χ4n) is 3.20. The van der Waals surface area contributed by atoms with Crippen LogP contribution in [0.5, 0.6) is 5.75 Å². The Morgan fingerprint density at radius 1 is 1.43 bits per heavy atom. The molecule has 124 valence electrons. The van der Waals surface area contributed by atoms with Crippen LogP contribution in [0.3, 0.4) is 0 Å². The zero-order chi connectivity index (χ0) is 16.9. The van der Waals surface area contributed by atoms with Crippen LogP contribution in [0.15, 0.2) is 18.2 Å². The SMILES string of the molecule is COc1ccc(CN(C)CC(=O)NC2(C#N)CCCC2)cc1C. The molecule has 5 nitrogen and oxygen atoms in total. The number of likely N-dealkylation sites (N-methyl/N-ethyl adjacent to an activating group) is 1. The summed E-state index contributed by atoms with van der Waals surface area (Å²) in [6.45, 7) is 2.97. The third kappa shape index (κ3) is 4.46. The van der Waals surface area contributed by atoms with Gasteiger partial charge in [0, 0.05) is 6.54 Å². The van der Waals surface area contributed by atoms with Crippen molar-refractivity contribution in [3.05, 3.63) is 29.3 Å². The Bertz CT molecular complexity index is 601. The molecule has 0 aliphatic heterocycles. The van der Waals surface area contributed by atoms with Gasteiger partial charge in [0.2, 0.25) is 5.91 Å². The highest BCUT2D eigenvalue weighted by molar-refractivity contribution is 5.79. The van der Waals surface area contributed by atoms with Crippen LogP contribution in [0.4, 0.5) is 0 Å². The Labute approximate surface area is 138 Å². The average molecular weight is 315 g/mol. The van der Waals surface area contributed by atoms with Gasteiger partial charge in [-0.15, -0.1) is 0 Å². The molecule has 1 aliphatic rings. The largest absolute Gasteiger partial charge is 0.496 e. The van der Waals surface area contributed by atoms with Gasteiger partial charge < -0.3 is 10.1 Å². The summed E-state index contributed by atoms with van der Waals surface area (Å²) < 4.78 is 5.26. The lowest BCUT2D eigenvalue weighted by Crippen LogP contribution is -2.48. The average Bonchev–Trinajstić information content (AvgIpc) is 2.96. The fraction of sp³-hybridized carbons (Fsp3) is 0.556. The molecule has 0 aromatic heterocycles. The highest BCUT2D eigenvalue weighted by atomic mass is 16.5. The number of rotatable bonds is 6. The van der Waals surface area contributed by atoms with Crippen LogP contribution in [0, 0.1) is 18.3 Å². The van der Waals surface area contributed by atoms with Gasteiger partial charge in [0.1, 0.15) is 11.3 Å². The van der Waals surface area contributed by atoms with E-state index in [9.17, 15) is 10.1 Å². The molecule has 2 rings (SSSR count). The summed E-state index contributed by atoms with van der Waals surface area (Å²) in [7, 11) is 3.57. The number of carbonyl (C=O) groups excluding carboxylic acids is 1. The molecule has 1 N–H and O–H groups in total. The molecule has 1 aliphatic carbocycles. The van der Waals surface area contributed by atoms with E-state index in [1.807, 2.05) is 31.0 Å². The summed E-state index contributed by atoms with van der Waals surface area (Å²) in [5.74, 6) is 0.785. The van der Waals surface area contributed by atoms with Gasteiger partial charge in [-0.05, 0) is 56.8 Å². The molecule has 0 radical (unpaired) electrons. The maximum atomic E-state index is 12.2. The zero-order valence-electron chi connectivity index (χ0n) is 14.2. The third-order valence-electron chi connectivity index (χ3n) is 4.38. The minimum absolute atomic E-state index is 0.0822. The van der Waals surface area contributed by atoms with Crippen molar-refractivity contribution in [3.8, 4) is 11.8 Å². The van der Waals surface area contributed by atoms with Crippen molar-refractivity contribution in [1.82, 2.24) is 10.2 Å². The van der Waals surface area contributed by atoms with Crippen molar-refractivity contribution in [2.75, 3.05) is 20.7 Å². The highest BCUT2D eigenvalue weighted by Crippen LogP contribution is 2.28. The molecule has 1 amide bonds. The molecule has 0 bridgehead atoms. The van der Waals surface area contributed by atoms with Gasteiger partial charge >= 0.3 is 0 Å². The van der Waals surface area contributed by atoms with Crippen molar-refractivity contribution in [3.63, 3.8) is 0 Å². The number of methoxy groups -OCH3 is 1. The Kier molecular flexibility index (Phi) is 5.62. The van der Waals surface area contributed by atoms with Crippen LogP contribution in [0.1, 0.15) is 36.8 Å². The summed E-state index contributed by atoms with van der Waals surface area (Å²) >= 11 is 0. The minimum Gasteiger partial charge on any atom is -0.496 e. The number of aryl methyl sites for hydroxylation is 1. The van der Waals surface area contributed by atoms with Crippen molar-refractivity contribution in [1.29, 1.82) is 5.26 Å². The van der Waals surface area contributed by atoms with Crippen LogP contribution in [0.25, 0.3) is 0 Å². The monoisotopic (exact) mass is 315 g/mol. The molecule has 0 atom stereocenters. The second kappa shape index (κ2) is 7.47. The zero-order valence-corrected chi connectivity index (χ0v) is 14.2. The number of nitrogens with zero attached hydrogens (tertiary/aromatic N) is 2. The van der Waals surface area contributed by atoms with Gasteiger partial charge in [-0.1, -0.05) is 12.1 Å². The molecule has 23 heavy (non-hydrogen) atoms. The first-order valence-corrected chi connectivity index (χ1v) is 8.02. The van der Waals surface area contributed by atoms with Gasteiger partial charge in [-0.25, -0.2) is 0 Å². The smallest absolute Gasteiger partial charge is 0.235 e. The predicted molar refractivity (Wildman–Crippen MR) is 89.0 cm³/mol. The molecule has 0 saturated heterocycles. The molecule has 0 unspecified atom stereocenters. The first-order valence-electron chi connectivity index (χ1n) is 8.02. The van der Waals surface area contributed by atoms with E-state index in [4.69, 9.17) is 4.74 Å². The van der Waals surface area contributed by atoms with Crippen LogP contribution in [0.2, 0.25) is 0 Å². The van der Waals surface area contributed by atoms with E-state index in [2.05, 4.69) is 17.5 Å². The van der Waals surface area contributed by atoms with E-state index >= 15 is 0 Å². The second-order valence-electron chi connectivity index (χ2n) is 6.43. The van der Waals surface area contributed by atoms with Crippen molar-refractivity contribution >= 4 is 5.91 Å². The van der Waals surface area contributed by atoms with Crippen molar-refractivity contribution in [2.45, 2.75) is 44.7 Å². The van der Waals surface area contributed by atoms with Crippen molar-refractivity contribution < 1.29 is 9.53 Å². The number of carbonyl (C=O) groups is 1. The number of ether oxygens (including phenoxy) is 1. The second-order valence-corrected chi connectivity index (χ2v) is 6.43. The number of nitriles is 1. The first kappa shape index (κ1) is 17.3.